The number of hydrogen-bond donors (Lipinski definition) is 1. The minimum Gasteiger partial charge on any atom is -0.393 e. The first-order valence-electron chi connectivity index (χ1n) is 3.89. The summed E-state index contributed by atoms with van der Waals surface area (Å²) in [4.78, 5) is 0. The van der Waals surface area contributed by atoms with Crippen molar-refractivity contribution in [1.82, 2.24) is 0 Å². The zero-order valence-corrected chi connectivity index (χ0v) is 7.13. The molecule has 0 saturated heterocycles. The molecule has 0 bridgehead atoms. The van der Waals surface area contributed by atoms with E-state index in [1.54, 1.807) is 7.11 Å². The van der Waals surface area contributed by atoms with Gasteiger partial charge < -0.3 is 9.84 Å². The topological polar surface area (TPSA) is 29.5 Å². The summed E-state index contributed by atoms with van der Waals surface area (Å²) in [5, 5.41) is 9.37. The van der Waals surface area contributed by atoms with Gasteiger partial charge in [-0.15, -0.1) is 0 Å². The highest BCUT2D eigenvalue weighted by Gasteiger charge is 2.10. The van der Waals surface area contributed by atoms with E-state index >= 15 is 0 Å². The molecule has 0 radical (unpaired) electrons. The van der Waals surface area contributed by atoms with Crippen LogP contribution in [0.2, 0.25) is 0 Å². The summed E-state index contributed by atoms with van der Waals surface area (Å²) in [5.41, 5.74) is 0. The normalized spacial score (nSPS) is 16.8. The Bertz CT molecular complexity index is 73.7. The van der Waals surface area contributed by atoms with Crippen LogP contribution in [0.25, 0.3) is 0 Å². The van der Waals surface area contributed by atoms with Crippen molar-refractivity contribution in [3.8, 4) is 0 Å². The molecule has 2 atom stereocenters. The Labute approximate surface area is 63.2 Å². The van der Waals surface area contributed by atoms with Gasteiger partial charge in [0.05, 0.1) is 6.10 Å². The van der Waals surface area contributed by atoms with E-state index in [-0.39, 0.29) is 6.10 Å². The third-order valence-electron chi connectivity index (χ3n) is 1.92. The molecule has 0 aliphatic carbocycles. The summed E-state index contributed by atoms with van der Waals surface area (Å²) in [5.74, 6) is 0.398. The van der Waals surface area contributed by atoms with E-state index in [1.165, 1.54) is 0 Å². The SMILES string of the molecule is CCC(C)C(O)CCOC. The molecule has 0 heterocycles. The molecule has 62 valence electrons. The molecule has 0 aromatic carbocycles. The molecule has 0 spiro atoms. The summed E-state index contributed by atoms with van der Waals surface area (Å²) in [6.07, 6.45) is 1.60. The summed E-state index contributed by atoms with van der Waals surface area (Å²) < 4.78 is 4.85. The predicted molar refractivity (Wildman–Crippen MR) is 42.0 cm³/mol. The zero-order chi connectivity index (χ0) is 7.98. The largest absolute Gasteiger partial charge is 0.393 e. The van der Waals surface area contributed by atoms with Gasteiger partial charge in [0.1, 0.15) is 0 Å². The first-order chi connectivity index (χ1) is 4.72. The predicted octanol–water partition coefficient (Wildman–Crippen LogP) is 1.43. The minimum atomic E-state index is -0.190. The van der Waals surface area contributed by atoms with Crippen molar-refractivity contribution < 1.29 is 9.84 Å². The lowest BCUT2D eigenvalue weighted by atomic mass is 10.00. The van der Waals surface area contributed by atoms with Crippen LogP contribution in [-0.4, -0.2) is 24.9 Å². The molecule has 10 heavy (non-hydrogen) atoms. The molecule has 0 aromatic rings. The lowest BCUT2D eigenvalue weighted by Gasteiger charge is -2.15. The highest BCUT2D eigenvalue weighted by atomic mass is 16.5. The van der Waals surface area contributed by atoms with Gasteiger partial charge in [-0.2, -0.15) is 0 Å². The van der Waals surface area contributed by atoms with Crippen molar-refractivity contribution in [3.63, 3.8) is 0 Å². The average molecular weight is 146 g/mol. The van der Waals surface area contributed by atoms with Gasteiger partial charge in [-0.05, 0) is 12.3 Å². The molecule has 0 fully saturated rings. The van der Waals surface area contributed by atoms with Crippen LogP contribution in [0.1, 0.15) is 26.7 Å². The van der Waals surface area contributed by atoms with Crippen LogP contribution in [0.5, 0.6) is 0 Å². The van der Waals surface area contributed by atoms with Crippen LogP contribution < -0.4 is 0 Å². The van der Waals surface area contributed by atoms with E-state index in [0.29, 0.717) is 12.5 Å². The molecule has 0 saturated carbocycles. The molecule has 2 unspecified atom stereocenters. The number of aliphatic hydroxyl groups is 1. The van der Waals surface area contributed by atoms with Crippen molar-refractivity contribution in [2.75, 3.05) is 13.7 Å². The number of methoxy groups -OCH3 is 1. The van der Waals surface area contributed by atoms with Crippen molar-refractivity contribution in [2.24, 2.45) is 5.92 Å². The second-order valence-electron chi connectivity index (χ2n) is 2.73. The average Bonchev–Trinajstić information content (AvgIpc) is 1.98. The van der Waals surface area contributed by atoms with E-state index < -0.39 is 0 Å². The Morgan fingerprint density at radius 1 is 1.50 bits per heavy atom. The van der Waals surface area contributed by atoms with Crippen molar-refractivity contribution in [3.05, 3.63) is 0 Å². The summed E-state index contributed by atoms with van der Waals surface area (Å²) in [7, 11) is 1.66. The van der Waals surface area contributed by atoms with Crippen LogP contribution in [-0.2, 0) is 4.74 Å². The lowest BCUT2D eigenvalue weighted by Crippen LogP contribution is -2.18. The standard InChI is InChI=1S/C8H18O2/c1-4-7(2)8(9)5-6-10-3/h7-9H,4-6H2,1-3H3. The van der Waals surface area contributed by atoms with Crippen molar-refractivity contribution in [1.29, 1.82) is 0 Å². The monoisotopic (exact) mass is 146 g/mol. The fourth-order valence-electron chi connectivity index (χ4n) is 0.795. The maximum atomic E-state index is 9.37. The Kier molecular flexibility index (Phi) is 5.64. The van der Waals surface area contributed by atoms with Gasteiger partial charge in [-0.25, -0.2) is 0 Å². The summed E-state index contributed by atoms with van der Waals surface area (Å²) in [6, 6.07) is 0. The van der Waals surface area contributed by atoms with Gasteiger partial charge in [0, 0.05) is 13.7 Å². The van der Waals surface area contributed by atoms with Crippen molar-refractivity contribution >= 4 is 0 Å². The van der Waals surface area contributed by atoms with Gasteiger partial charge in [0.2, 0.25) is 0 Å². The minimum absolute atomic E-state index is 0.190. The second kappa shape index (κ2) is 5.69. The fourth-order valence-corrected chi connectivity index (χ4v) is 0.795. The molecule has 1 N–H and O–H groups in total. The Hall–Kier alpha value is -0.0800. The van der Waals surface area contributed by atoms with Crippen LogP contribution >= 0.6 is 0 Å². The highest BCUT2D eigenvalue weighted by Crippen LogP contribution is 2.09. The van der Waals surface area contributed by atoms with Crippen LogP contribution in [0.15, 0.2) is 0 Å². The molecule has 0 amide bonds. The molecular weight excluding hydrogens is 128 g/mol. The second-order valence-corrected chi connectivity index (χ2v) is 2.73. The quantitative estimate of drug-likeness (QED) is 0.635. The van der Waals surface area contributed by atoms with Crippen molar-refractivity contribution in [2.45, 2.75) is 32.8 Å². The summed E-state index contributed by atoms with van der Waals surface area (Å²) >= 11 is 0. The Morgan fingerprint density at radius 3 is 2.50 bits per heavy atom. The Balaban J connectivity index is 3.31. The molecular formula is C8H18O2. The Morgan fingerprint density at radius 2 is 2.10 bits per heavy atom. The number of ether oxygens (including phenoxy) is 1. The zero-order valence-electron chi connectivity index (χ0n) is 7.13. The molecule has 2 nitrogen and oxygen atoms in total. The molecule has 2 heteroatoms. The third-order valence-corrected chi connectivity index (χ3v) is 1.92. The van der Waals surface area contributed by atoms with Crippen LogP contribution in [0.3, 0.4) is 0 Å². The first kappa shape index (κ1) is 9.92. The van der Waals surface area contributed by atoms with Gasteiger partial charge in [-0.3, -0.25) is 0 Å². The first-order valence-corrected chi connectivity index (χ1v) is 3.89. The molecule has 0 aliphatic rings. The smallest absolute Gasteiger partial charge is 0.0587 e. The van der Waals surface area contributed by atoms with Gasteiger partial charge >= 0.3 is 0 Å². The van der Waals surface area contributed by atoms with E-state index in [0.717, 1.165) is 12.8 Å². The van der Waals surface area contributed by atoms with Crippen LogP contribution in [0, 0.1) is 5.92 Å². The van der Waals surface area contributed by atoms with E-state index in [9.17, 15) is 5.11 Å². The molecule has 0 aliphatic heterocycles. The fraction of sp³-hybridized carbons (Fsp3) is 1.00. The highest BCUT2D eigenvalue weighted by molar-refractivity contribution is 4.61. The summed E-state index contributed by atoms with van der Waals surface area (Å²) in [6.45, 7) is 4.80. The number of hydrogen-bond acceptors (Lipinski definition) is 2. The maximum Gasteiger partial charge on any atom is 0.0587 e. The lowest BCUT2D eigenvalue weighted by molar-refractivity contribution is 0.0711. The maximum absolute atomic E-state index is 9.37. The number of aliphatic hydroxyl groups excluding tert-OH is 1. The third kappa shape index (κ3) is 3.85. The van der Waals surface area contributed by atoms with E-state index in [4.69, 9.17) is 4.74 Å². The van der Waals surface area contributed by atoms with Gasteiger partial charge in [0.15, 0.2) is 0 Å². The number of rotatable bonds is 5. The van der Waals surface area contributed by atoms with Crippen LogP contribution in [0.4, 0.5) is 0 Å². The van der Waals surface area contributed by atoms with E-state index in [2.05, 4.69) is 13.8 Å². The molecule has 0 aromatic heterocycles. The van der Waals surface area contributed by atoms with Gasteiger partial charge in [0.25, 0.3) is 0 Å². The van der Waals surface area contributed by atoms with Gasteiger partial charge in [-0.1, -0.05) is 20.3 Å². The van der Waals surface area contributed by atoms with E-state index in [1.807, 2.05) is 0 Å². The molecule has 0 rings (SSSR count).